The monoisotopic (exact) mass is 716 g/mol. The predicted octanol–water partition coefficient (Wildman–Crippen LogP) is 4.68. The Bertz CT molecular complexity index is 1390. The van der Waals surface area contributed by atoms with Crippen molar-refractivity contribution in [2.24, 2.45) is 23.7 Å². The third-order valence-corrected chi connectivity index (χ3v) is 12.2. The lowest BCUT2D eigenvalue weighted by atomic mass is 9.71. The number of fused-ring (bicyclic) bond motifs is 2. The first-order chi connectivity index (χ1) is 24.2. The van der Waals surface area contributed by atoms with Gasteiger partial charge in [0.15, 0.2) is 12.1 Å². The van der Waals surface area contributed by atoms with E-state index in [0.717, 1.165) is 12.0 Å². The molecular formula is C40H60O11. The van der Waals surface area contributed by atoms with E-state index < -0.39 is 72.3 Å². The zero-order valence-corrected chi connectivity index (χ0v) is 31.5. The van der Waals surface area contributed by atoms with E-state index in [4.69, 9.17) is 33.2 Å². The first kappa shape index (κ1) is 38.8. The van der Waals surface area contributed by atoms with Crippen LogP contribution >= 0.6 is 0 Å². The summed E-state index contributed by atoms with van der Waals surface area (Å²) in [5.41, 5.74) is 0.234. The molecule has 0 amide bonds. The average molecular weight is 717 g/mol. The van der Waals surface area contributed by atoms with Gasteiger partial charge >= 0.3 is 5.97 Å². The molecule has 4 saturated heterocycles. The van der Waals surface area contributed by atoms with Crippen LogP contribution in [-0.4, -0.2) is 108 Å². The molecule has 3 N–H and O–H groups in total. The molecule has 2 bridgehead atoms. The number of methoxy groups -OCH3 is 1. The third-order valence-electron chi connectivity index (χ3n) is 12.2. The van der Waals surface area contributed by atoms with Crippen molar-refractivity contribution >= 4 is 5.97 Å². The van der Waals surface area contributed by atoms with Crippen LogP contribution < -0.4 is 0 Å². The normalized spacial score (nSPS) is 49.3. The van der Waals surface area contributed by atoms with Crippen LogP contribution in [0.1, 0.15) is 87.0 Å². The Balaban J connectivity index is 1.37. The van der Waals surface area contributed by atoms with Gasteiger partial charge in [-0.2, -0.15) is 0 Å². The first-order valence-corrected chi connectivity index (χ1v) is 19.0. The van der Waals surface area contributed by atoms with Crippen molar-refractivity contribution in [3.05, 3.63) is 47.1 Å². The molecule has 5 heterocycles. The summed E-state index contributed by atoms with van der Waals surface area (Å²) in [4.78, 5) is 14.2. The number of carbonyl (C=O) groups excluding carboxylic acids is 1. The average Bonchev–Trinajstić information content (AvgIpc) is 3.42. The fourth-order valence-corrected chi connectivity index (χ4v) is 9.15. The molecule has 6 aliphatic rings. The van der Waals surface area contributed by atoms with Crippen molar-refractivity contribution in [3.63, 3.8) is 0 Å². The van der Waals surface area contributed by atoms with Crippen LogP contribution in [0.3, 0.4) is 0 Å². The lowest BCUT2D eigenvalue weighted by Gasteiger charge is -2.50. The van der Waals surface area contributed by atoms with Crippen molar-refractivity contribution in [1.82, 2.24) is 0 Å². The third kappa shape index (κ3) is 7.71. The Kier molecular flexibility index (Phi) is 11.7. The molecule has 11 heteroatoms. The maximum absolute atomic E-state index is 14.2. The molecule has 0 unspecified atom stereocenters. The molecule has 1 aliphatic carbocycles. The highest BCUT2D eigenvalue weighted by Gasteiger charge is 2.60. The highest BCUT2D eigenvalue weighted by molar-refractivity contribution is 5.78. The lowest BCUT2D eigenvalue weighted by molar-refractivity contribution is -0.340. The van der Waals surface area contributed by atoms with Crippen molar-refractivity contribution < 1.29 is 53.3 Å². The minimum absolute atomic E-state index is 0.00282. The van der Waals surface area contributed by atoms with Crippen LogP contribution in [0.4, 0.5) is 0 Å². The minimum atomic E-state index is -1.80. The van der Waals surface area contributed by atoms with Gasteiger partial charge in [0.2, 0.25) is 0 Å². The van der Waals surface area contributed by atoms with Gasteiger partial charge in [-0.1, -0.05) is 58.1 Å². The summed E-state index contributed by atoms with van der Waals surface area (Å²) in [6, 6.07) is 0. The van der Waals surface area contributed by atoms with Crippen LogP contribution in [-0.2, 0) is 38.0 Å². The maximum atomic E-state index is 14.2. The summed E-state index contributed by atoms with van der Waals surface area (Å²) in [6.07, 6.45) is 7.22. The molecule has 51 heavy (non-hydrogen) atoms. The standard InChI is InChI=1S/C40H60O11/c1-21(2)35-24(5)14-15-39(51-35)19-29-17-28(50-39)13-12-23(4)36(49-32-18-31(45-8)34(42)26(7)47-32)22(3)10-9-11-27-20-46-37-33(41)25(6)16-30(38(43)48-29)40(27,37)44/h9-12,16,21-22,24,26,28-37,41-42,44H,13-15,17-20H2,1-8H3/b10-9+,23-12+,27-11-/t22-,24-,26-,28+,29-,30-,31-,32-,33+,34-,35+,36-,37+,39+,40+/m0/s1. The number of esters is 1. The maximum Gasteiger partial charge on any atom is 0.316 e. The van der Waals surface area contributed by atoms with Crippen molar-refractivity contribution in [2.45, 2.75) is 160 Å². The molecule has 0 aromatic carbocycles. The highest BCUT2D eigenvalue weighted by atomic mass is 16.7. The Labute approximate surface area is 303 Å². The fraction of sp³-hybridized carbons (Fsp3) is 0.775. The van der Waals surface area contributed by atoms with Crippen LogP contribution in [0.25, 0.3) is 0 Å². The van der Waals surface area contributed by atoms with Crippen LogP contribution in [0.15, 0.2) is 47.1 Å². The number of allylic oxidation sites excluding steroid dienone is 2. The van der Waals surface area contributed by atoms with E-state index in [9.17, 15) is 20.1 Å². The second kappa shape index (κ2) is 15.4. The van der Waals surface area contributed by atoms with E-state index in [1.807, 2.05) is 26.0 Å². The number of ether oxygens (including phenoxy) is 7. The SMILES string of the molecule is CO[C@H]1C[C@H](O[C@@H]2/C(C)=C/C[C@@H]3C[C@@H](C[C@]4(CC[C@H](C)[C@@H](C(C)C)O4)O3)OC(=O)[C@@H]3C=C(C)[C@@H](O)[C@H]4OC/C(=C/C=C/[C@@H]2C)[C@]43O)O[C@@H](C)[C@@H]1O. The number of aliphatic hydroxyl groups excluding tert-OH is 2. The number of aliphatic hydroxyl groups is 3. The molecule has 5 aliphatic heterocycles. The van der Waals surface area contributed by atoms with E-state index in [0.29, 0.717) is 49.2 Å². The van der Waals surface area contributed by atoms with E-state index in [-0.39, 0.29) is 30.7 Å². The van der Waals surface area contributed by atoms with Gasteiger partial charge in [-0.25, -0.2) is 0 Å². The van der Waals surface area contributed by atoms with E-state index in [1.165, 1.54) is 0 Å². The van der Waals surface area contributed by atoms with Gasteiger partial charge in [-0.15, -0.1) is 0 Å². The van der Waals surface area contributed by atoms with Gasteiger partial charge in [0.1, 0.15) is 35.9 Å². The predicted molar refractivity (Wildman–Crippen MR) is 188 cm³/mol. The van der Waals surface area contributed by atoms with E-state index in [2.05, 4.69) is 33.8 Å². The van der Waals surface area contributed by atoms with E-state index >= 15 is 0 Å². The summed E-state index contributed by atoms with van der Waals surface area (Å²) in [6.45, 7) is 14.2. The zero-order chi connectivity index (χ0) is 36.8. The molecule has 0 aromatic heterocycles. The van der Waals surface area contributed by atoms with Gasteiger partial charge < -0.3 is 48.5 Å². The molecule has 6 rings (SSSR count). The quantitative estimate of drug-likeness (QED) is 0.276. The lowest BCUT2D eigenvalue weighted by Crippen LogP contribution is -2.58. The molecule has 1 spiro atoms. The Morgan fingerprint density at radius 3 is 2.53 bits per heavy atom. The highest BCUT2D eigenvalue weighted by Crippen LogP contribution is 2.48. The smallest absolute Gasteiger partial charge is 0.316 e. The van der Waals surface area contributed by atoms with Crippen LogP contribution in [0.5, 0.6) is 0 Å². The fourth-order valence-electron chi connectivity index (χ4n) is 9.15. The molecule has 11 nitrogen and oxygen atoms in total. The van der Waals surface area contributed by atoms with Crippen molar-refractivity contribution in [1.29, 1.82) is 0 Å². The summed E-state index contributed by atoms with van der Waals surface area (Å²) in [5.74, 6) is -2.03. The molecule has 0 aromatic rings. The number of hydrogen-bond donors (Lipinski definition) is 3. The summed E-state index contributed by atoms with van der Waals surface area (Å²) < 4.78 is 44.4. The summed E-state index contributed by atoms with van der Waals surface area (Å²) >= 11 is 0. The van der Waals surface area contributed by atoms with Crippen molar-refractivity contribution in [2.75, 3.05) is 13.7 Å². The largest absolute Gasteiger partial charge is 0.462 e. The Hall–Kier alpha value is -1.93. The first-order valence-electron chi connectivity index (χ1n) is 19.0. The number of carbonyl (C=O) groups is 1. The van der Waals surface area contributed by atoms with Gasteiger partial charge in [-0.05, 0) is 62.2 Å². The minimum Gasteiger partial charge on any atom is -0.462 e. The van der Waals surface area contributed by atoms with Crippen LogP contribution in [0.2, 0.25) is 0 Å². The van der Waals surface area contributed by atoms with Gasteiger partial charge in [-0.3, -0.25) is 4.79 Å². The Morgan fingerprint density at radius 1 is 1.04 bits per heavy atom. The van der Waals surface area contributed by atoms with Crippen molar-refractivity contribution in [3.8, 4) is 0 Å². The molecule has 0 radical (unpaired) electrons. The Morgan fingerprint density at radius 2 is 1.80 bits per heavy atom. The van der Waals surface area contributed by atoms with E-state index in [1.54, 1.807) is 26.2 Å². The van der Waals surface area contributed by atoms with Gasteiger partial charge in [0.25, 0.3) is 0 Å². The number of rotatable bonds is 4. The molecule has 0 saturated carbocycles. The summed E-state index contributed by atoms with van der Waals surface area (Å²) in [7, 11) is 1.58. The molecule has 15 atom stereocenters. The summed E-state index contributed by atoms with van der Waals surface area (Å²) in [5, 5.41) is 34.0. The van der Waals surface area contributed by atoms with Gasteiger partial charge in [0, 0.05) is 38.7 Å². The number of hydrogen-bond acceptors (Lipinski definition) is 11. The second-order valence-electron chi connectivity index (χ2n) is 16.3. The molecule has 286 valence electrons. The topological polar surface area (TPSA) is 142 Å². The zero-order valence-electron chi connectivity index (χ0n) is 31.5. The van der Waals surface area contributed by atoms with Crippen LogP contribution in [0, 0.1) is 23.7 Å². The molecular weight excluding hydrogens is 656 g/mol. The second-order valence-corrected chi connectivity index (χ2v) is 16.3. The van der Waals surface area contributed by atoms with Gasteiger partial charge in [0.05, 0.1) is 37.1 Å². The molecule has 4 fully saturated rings.